The maximum atomic E-state index is 6.07. The molecule has 1 fully saturated rings. The molecule has 0 atom stereocenters. The molecule has 27 heavy (non-hydrogen) atoms. The molecule has 0 bridgehead atoms. The molecule has 2 aromatic carbocycles. The lowest BCUT2D eigenvalue weighted by atomic mass is 9.79. The monoisotopic (exact) mass is 372 g/mol. The minimum Gasteiger partial charge on any atom is -0.493 e. The molecule has 0 unspecified atom stereocenters. The molecular formula is C21H29BO5. The van der Waals surface area contributed by atoms with Gasteiger partial charge in [-0.15, -0.1) is 0 Å². The van der Waals surface area contributed by atoms with Gasteiger partial charge < -0.3 is 23.5 Å². The van der Waals surface area contributed by atoms with Gasteiger partial charge in [-0.25, -0.2) is 0 Å². The summed E-state index contributed by atoms with van der Waals surface area (Å²) in [6.07, 6.45) is 0. The normalized spacial score (nSPS) is 17.2. The molecule has 1 heterocycles. The van der Waals surface area contributed by atoms with Crippen molar-refractivity contribution in [3.63, 3.8) is 0 Å². The molecule has 0 N–H and O–H groups in total. The van der Waals surface area contributed by atoms with Crippen LogP contribution in [0.2, 0.25) is 0 Å². The smallest absolute Gasteiger partial charge is 0.493 e. The fourth-order valence-electron chi connectivity index (χ4n) is 2.69. The molecule has 0 aliphatic carbocycles. The van der Waals surface area contributed by atoms with E-state index in [0.29, 0.717) is 17.2 Å². The van der Waals surface area contributed by atoms with Gasteiger partial charge in [-0.3, -0.25) is 0 Å². The molecule has 0 saturated carbocycles. The molecule has 1 aliphatic rings. The van der Waals surface area contributed by atoms with Crippen molar-refractivity contribution in [2.45, 2.75) is 46.3 Å². The highest BCUT2D eigenvalue weighted by Crippen LogP contribution is 2.37. The topological polar surface area (TPSA) is 46.2 Å². The van der Waals surface area contributed by atoms with Crippen molar-refractivity contribution >= 4 is 12.6 Å². The quantitative estimate of drug-likeness (QED) is 0.727. The second-order valence-corrected chi connectivity index (χ2v) is 7.28. The van der Waals surface area contributed by atoms with E-state index in [1.54, 1.807) is 20.3 Å². The number of ether oxygens (including phenoxy) is 3. The van der Waals surface area contributed by atoms with Crippen LogP contribution < -0.4 is 19.7 Å². The Hall–Kier alpha value is -2.18. The SMILES string of the molecule is C.COc1ccc(Oc2ccc(B3OC(C)(C)C(C)(C)O3)cc2)cc1OC. The van der Waals surface area contributed by atoms with Crippen LogP contribution in [0.3, 0.4) is 0 Å². The predicted octanol–water partition coefficient (Wildman–Crippen LogP) is 4.43. The molecule has 146 valence electrons. The first-order chi connectivity index (χ1) is 12.3. The van der Waals surface area contributed by atoms with E-state index in [4.69, 9.17) is 23.5 Å². The third kappa shape index (κ3) is 4.23. The molecule has 0 spiro atoms. The third-order valence-electron chi connectivity index (χ3n) is 5.00. The van der Waals surface area contributed by atoms with E-state index in [9.17, 15) is 0 Å². The minimum absolute atomic E-state index is 0. The van der Waals surface area contributed by atoms with Crippen LogP contribution in [0, 0.1) is 0 Å². The highest BCUT2D eigenvalue weighted by molar-refractivity contribution is 6.62. The zero-order valence-corrected chi connectivity index (χ0v) is 16.2. The Balaban J connectivity index is 0.00000261. The summed E-state index contributed by atoms with van der Waals surface area (Å²) in [6.45, 7) is 8.17. The van der Waals surface area contributed by atoms with Crippen molar-refractivity contribution in [3.05, 3.63) is 42.5 Å². The standard InChI is InChI=1S/C20H25BO5.CH4/c1-19(2)20(3,4)26-21(25-19)14-7-9-15(10-8-14)24-16-11-12-17(22-5)18(13-16)23-6;/h7-13H,1-6H3;1H4. The number of hydrogen-bond acceptors (Lipinski definition) is 5. The summed E-state index contributed by atoms with van der Waals surface area (Å²) in [7, 11) is 2.82. The van der Waals surface area contributed by atoms with Crippen molar-refractivity contribution in [1.29, 1.82) is 0 Å². The Bertz CT molecular complexity index is 755. The van der Waals surface area contributed by atoms with Gasteiger partial charge >= 0.3 is 7.12 Å². The summed E-state index contributed by atoms with van der Waals surface area (Å²) in [6, 6.07) is 13.2. The molecule has 3 rings (SSSR count). The lowest BCUT2D eigenvalue weighted by Crippen LogP contribution is -2.41. The number of benzene rings is 2. The van der Waals surface area contributed by atoms with Crippen molar-refractivity contribution in [3.8, 4) is 23.0 Å². The average Bonchev–Trinajstić information content (AvgIpc) is 2.83. The summed E-state index contributed by atoms with van der Waals surface area (Å²) < 4.78 is 28.6. The lowest BCUT2D eigenvalue weighted by molar-refractivity contribution is 0.00578. The van der Waals surface area contributed by atoms with E-state index < -0.39 is 0 Å². The Morgan fingerprint density at radius 3 is 1.78 bits per heavy atom. The second kappa shape index (κ2) is 7.83. The summed E-state index contributed by atoms with van der Waals surface area (Å²) >= 11 is 0. The number of rotatable bonds is 5. The highest BCUT2D eigenvalue weighted by Gasteiger charge is 2.51. The van der Waals surface area contributed by atoms with Crippen LogP contribution in [-0.2, 0) is 9.31 Å². The first-order valence-corrected chi connectivity index (χ1v) is 8.61. The molecular weight excluding hydrogens is 343 g/mol. The summed E-state index contributed by atoms with van der Waals surface area (Å²) in [4.78, 5) is 0. The van der Waals surface area contributed by atoms with Gasteiger partial charge in [-0.2, -0.15) is 0 Å². The van der Waals surface area contributed by atoms with Gasteiger partial charge in [-0.05, 0) is 57.4 Å². The van der Waals surface area contributed by atoms with Gasteiger partial charge in [0.1, 0.15) is 11.5 Å². The minimum atomic E-state index is -0.380. The fraction of sp³-hybridized carbons (Fsp3) is 0.429. The Morgan fingerprint density at radius 1 is 0.741 bits per heavy atom. The van der Waals surface area contributed by atoms with E-state index in [1.165, 1.54) is 0 Å². The van der Waals surface area contributed by atoms with Crippen molar-refractivity contribution in [2.75, 3.05) is 14.2 Å². The van der Waals surface area contributed by atoms with Gasteiger partial charge in [0.25, 0.3) is 0 Å². The molecule has 1 aliphatic heterocycles. The van der Waals surface area contributed by atoms with E-state index in [2.05, 4.69) is 0 Å². The van der Waals surface area contributed by atoms with Gasteiger partial charge in [0.05, 0.1) is 25.4 Å². The largest absolute Gasteiger partial charge is 0.494 e. The van der Waals surface area contributed by atoms with Crippen LogP contribution in [0.15, 0.2) is 42.5 Å². The number of hydrogen-bond donors (Lipinski definition) is 0. The van der Waals surface area contributed by atoms with Crippen LogP contribution in [0.4, 0.5) is 0 Å². The van der Waals surface area contributed by atoms with Gasteiger partial charge in [0.2, 0.25) is 0 Å². The van der Waals surface area contributed by atoms with Crippen LogP contribution >= 0.6 is 0 Å². The zero-order chi connectivity index (χ0) is 18.9. The van der Waals surface area contributed by atoms with E-state index in [-0.39, 0.29) is 25.7 Å². The third-order valence-corrected chi connectivity index (χ3v) is 5.00. The fourth-order valence-corrected chi connectivity index (χ4v) is 2.69. The van der Waals surface area contributed by atoms with E-state index in [1.807, 2.05) is 64.1 Å². The van der Waals surface area contributed by atoms with E-state index in [0.717, 1.165) is 11.2 Å². The molecule has 0 aromatic heterocycles. The molecule has 0 radical (unpaired) electrons. The molecule has 1 saturated heterocycles. The second-order valence-electron chi connectivity index (χ2n) is 7.28. The van der Waals surface area contributed by atoms with Crippen LogP contribution in [0.5, 0.6) is 23.0 Å². The highest BCUT2D eigenvalue weighted by atomic mass is 16.7. The molecule has 6 heteroatoms. The predicted molar refractivity (Wildman–Crippen MR) is 109 cm³/mol. The van der Waals surface area contributed by atoms with Crippen LogP contribution in [-0.4, -0.2) is 32.5 Å². The Labute approximate surface area is 162 Å². The van der Waals surface area contributed by atoms with E-state index >= 15 is 0 Å². The molecule has 0 amide bonds. The maximum Gasteiger partial charge on any atom is 0.494 e. The summed E-state index contributed by atoms with van der Waals surface area (Å²) in [5.41, 5.74) is 0.252. The van der Waals surface area contributed by atoms with Gasteiger partial charge in [0, 0.05) is 6.07 Å². The van der Waals surface area contributed by atoms with Crippen LogP contribution in [0.25, 0.3) is 0 Å². The first-order valence-electron chi connectivity index (χ1n) is 8.61. The van der Waals surface area contributed by atoms with Gasteiger partial charge in [-0.1, -0.05) is 19.6 Å². The molecule has 2 aromatic rings. The van der Waals surface area contributed by atoms with Crippen molar-refractivity contribution in [1.82, 2.24) is 0 Å². The summed E-state index contributed by atoms with van der Waals surface area (Å²) in [5, 5.41) is 0. The first kappa shape index (κ1) is 21.1. The van der Waals surface area contributed by atoms with Gasteiger partial charge in [0.15, 0.2) is 11.5 Å². The molecule has 5 nitrogen and oxygen atoms in total. The average molecular weight is 372 g/mol. The number of methoxy groups -OCH3 is 2. The maximum absolute atomic E-state index is 6.07. The van der Waals surface area contributed by atoms with Crippen molar-refractivity contribution < 1.29 is 23.5 Å². The summed E-state index contributed by atoms with van der Waals surface area (Å²) in [5.74, 6) is 2.68. The van der Waals surface area contributed by atoms with Crippen molar-refractivity contribution in [2.24, 2.45) is 0 Å². The lowest BCUT2D eigenvalue weighted by Gasteiger charge is -2.32. The van der Waals surface area contributed by atoms with Crippen LogP contribution in [0.1, 0.15) is 35.1 Å². The Kier molecular flexibility index (Phi) is 6.12. The zero-order valence-electron chi connectivity index (χ0n) is 16.2. The Morgan fingerprint density at radius 2 is 1.26 bits per heavy atom.